The Bertz CT molecular complexity index is 838. The van der Waals surface area contributed by atoms with Crippen LogP contribution < -0.4 is 0 Å². The molecular weight excluding hydrogens is 400 g/mol. The minimum Gasteiger partial charge on any atom is -0.468 e. The molecule has 0 radical (unpaired) electrons. The van der Waals surface area contributed by atoms with Gasteiger partial charge in [-0.3, -0.25) is 4.79 Å². The maximum Gasteiger partial charge on any atom is 0.331 e. The number of fused-ring (bicyclic) bond motifs is 5. The van der Waals surface area contributed by atoms with Crippen molar-refractivity contribution in [2.45, 2.75) is 82.0 Å². The van der Waals surface area contributed by atoms with Crippen LogP contribution in [0.3, 0.4) is 0 Å². The molecule has 0 amide bonds. The van der Waals surface area contributed by atoms with Crippen molar-refractivity contribution in [3.05, 3.63) is 11.6 Å². The molecule has 1 aliphatic heterocycles. The molecule has 8 atom stereocenters. The molecule has 1 heterocycles. The largest absolute Gasteiger partial charge is 0.468 e. The zero-order valence-corrected chi connectivity index (χ0v) is 18.4. The Morgan fingerprint density at radius 3 is 2.52 bits per heavy atom. The molecule has 7 nitrogen and oxygen atoms in total. The average Bonchev–Trinajstić information content (AvgIpc) is 3.26. The van der Waals surface area contributed by atoms with Crippen LogP contribution in [0.4, 0.5) is 0 Å². The third-order valence-corrected chi connectivity index (χ3v) is 10.1. The van der Waals surface area contributed by atoms with E-state index in [1.165, 1.54) is 7.11 Å². The van der Waals surface area contributed by atoms with Crippen LogP contribution in [0.25, 0.3) is 0 Å². The fourth-order valence-corrected chi connectivity index (χ4v) is 8.65. The van der Waals surface area contributed by atoms with E-state index in [-0.39, 0.29) is 30.1 Å². The third kappa shape index (κ3) is 2.57. The number of aliphatic hydroxyl groups excluding tert-OH is 1. The van der Waals surface area contributed by atoms with E-state index in [0.29, 0.717) is 51.6 Å². The molecule has 0 aromatic rings. The summed E-state index contributed by atoms with van der Waals surface area (Å²) in [7, 11) is 1.36. The summed E-state index contributed by atoms with van der Waals surface area (Å²) in [5, 5.41) is 34.2. The zero-order chi connectivity index (χ0) is 22.2. The molecule has 31 heavy (non-hydrogen) atoms. The number of ether oxygens (including phenoxy) is 2. The third-order valence-electron chi connectivity index (χ3n) is 10.1. The van der Waals surface area contributed by atoms with Crippen molar-refractivity contribution in [2.24, 2.45) is 28.6 Å². The number of methoxy groups -OCH3 is 1. The standard InChI is InChI=1S/C24H34O7/c1-21-7-4-17-18(24(21,29)10-6-16(21)14-11-19(26)31-13-14)5-8-22(28)12-15(25)3-9-23(17,22)20(27)30-2/h11,15-18,25,28-29H,3-10,12-13H2,1-2H3/t15?,16-,17?,18?,21+,22?,23+,24?/m0/s1. The van der Waals surface area contributed by atoms with Crippen LogP contribution >= 0.6 is 0 Å². The van der Waals surface area contributed by atoms with Gasteiger partial charge in [0, 0.05) is 17.9 Å². The van der Waals surface area contributed by atoms with Gasteiger partial charge in [0.1, 0.15) is 6.61 Å². The van der Waals surface area contributed by atoms with E-state index in [4.69, 9.17) is 9.47 Å². The Hall–Kier alpha value is -1.44. The van der Waals surface area contributed by atoms with Gasteiger partial charge in [0.2, 0.25) is 0 Å². The maximum absolute atomic E-state index is 13.3. The van der Waals surface area contributed by atoms with Crippen molar-refractivity contribution < 1.29 is 34.4 Å². The van der Waals surface area contributed by atoms with Gasteiger partial charge in [-0.15, -0.1) is 0 Å². The number of esters is 2. The molecule has 0 bridgehead atoms. The molecule has 4 saturated carbocycles. The van der Waals surface area contributed by atoms with Crippen LogP contribution in [0.2, 0.25) is 0 Å². The van der Waals surface area contributed by atoms with E-state index in [2.05, 4.69) is 6.92 Å². The first-order chi connectivity index (χ1) is 14.6. The van der Waals surface area contributed by atoms with E-state index >= 15 is 0 Å². The minimum atomic E-state index is -1.31. The predicted octanol–water partition coefficient (Wildman–Crippen LogP) is 1.87. The summed E-state index contributed by atoms with van der Waals surface area (Å²) >= 11 is 0. The molecule has 5 aliphatic rings. The van der Waals surface area contributed by atoms with Gasteiger partial charge >= 0.3 is 11.9 Å². The van der Waals surface area contributed by atoms with E-state index in [1.807, 2.05) is 0 Å². The van der Waals surface area contributed by atoms with Crippen LogP contribution in [0.15, 0.2) is 11.6 Å². The lowest BCUT2D eigenvalue weighted by Gasteiger charge is -2.65. The highest BCUT2D eigenvalue weighted by Crippen LogP contribution is 2.70. The number of hydrogen-bond donors (Lipinski definition) is 3. The molecule has 0 aromatic carbocycles. The van der Waals surface area contributed by atoms with Crippen molar-refractivity contribution in [3.8, 4) is 0 Å². The van der Waals surface area contributed by atoms with E-state index in [9.17, 15) is 24.9 Å². The molecule has 0 aromatic heterocycles. The lowest BCUT2D eigenvalue weighted by molar-refractivity contribution is -0.261. The van der Waals surface area contributed by atoms with Gasteiger partial charge in [0.05, 0.1) is 29.8 Å². The van der Waals surface area contributed by atoms with Gasteiger partial charge in [-0.2, -0.15) is 0 Å². The molecule has 5 rings (SSSR count). The second kappa shape index (κ2) is 6.78. The highest BCUT2D eigenvalue weighted by Gasteiger charge is 2.73. The lowest BCUT2D eigenvalue weighted by atomic mass is 9.41. The molecule has 4 aliphatic carbocycles. The molecule has 0 spiro atoms. The van der Waals surface area contributed by atoms with Gasteiger partial charge in [-0.05, 0) is 74.7 Å². The summed E-state index contributed by atoms with van der Waals surface area (Å²) in [5.41, 5.74) is -2.82. The minimum absolute atomic E-state index is 0.0768. The molecular formula is C24H34O7. The summed E-state index contributed by atoms with van der Waals surface area (Å²) in [5.74, 6) is -0.970. The first-order valence-electron chi connectivity index (χ1n) is 11.7. The number of aliphatic hydroxyl groups is 3. The van der Waals surface area contributed by atoms with Gasteiger partial charge in [-0.1, -0.05) is 6.92 Å². The van der Waals surface area contributed by atoms with Gasteiger partial charge in [0.25, 0.3) is 0 Å². The molecule has 7 heteroatoms. The van der Waals surface area contributed by atoms with E-state index in [0.717, 1.165) is 12.0 Å². The van der Waals surface area contributed by atoms with Gasteiger partial charge in [0.15, 0.2) is 0 Å². The van der Waals surface area contributed by atoms with Crippen molar-refractivity contribution in [2.75, 3.05) is 13.7 Å². The summed E-state index contributed by atoms with van der Waals surface area (Å²) in [4.78, 5) is 25.0. The quantitative estimate of drug-likeness (QED) is 0.569. The Morgan fingerprint density at radius 1 is 1.10 bits per heavy atom. The molecule has 5 unspecified atom stereocenters. The lowest BCUT2D eigenvalue weighted by Crippen LogP contribution is -2.70. The Balaban J connectivity index is 1.55. The number of hydrogen-bond acceptors (Lipinski definition) is 7. The van der Waals surface area contributed by atoms with Crippen molar-refractivity contribution >= 4 is 11.9 Å². The molecule has 4 fully saturated rings. The summed E-state index contributed by atoms with van der Waals surface area (Å²) < 4.78 is 10.4. The Labute approximate surface area is 182 Å². The second-order valence-electron chi connectivity index (χ2n) is 10.9. The van der Waals surface area contributed by atoms with Crippen LogP contribution in [0.1, 0.15) is 64.7 Å². The molecule has 172 valence electrons. The normalized spacial score (nSPS) is 51.3. The molecule has 3 N–H and O–H groups in total. The van der Waals surface area contributed by atoms with Gasteiger partial charge < -0.3 is 24.8 Å². The fraction of sp³-hybridized carbons (Fsp3) is 0.833. The number of carbonyl (C=O) groups excluding carboxylic acids is 2. The van der Waals surface area contributed by atoms with Crippen LogP contribution in [-0.2, 0) is 19.1 Å². The topological polar surface area (TPSA) is 113 Å². The molecule has 0 saturated heterocycles. The van der Waals surface area contributed by atoms with Crippen LogP contribution in [-0.4, -0.2) is 58.3 Å². The van der Waals surface area contributed by atoms with E-state index < -0.39 is 34.1 Å². The number of cyclic esters (lactones) is 1. The Kier molecular flexibility index (Phi) is 4.68. The smallest absolute Gasteiger partial charge is 0.331 e. The summed E-state index contributed by atoms with van der Waals surface area (Å²) in [6, 6.07) is 0. The van der Waals surface area contributed by atoms with Crippen LogP contribution in [0, 0.1) is 28.6 Å². The second-order valence-corrected chi connectivity index (χ2v) is 10.9. The first-order valence-corrected chi connectivity index (χ1v) is 11.7. The predicted molar refractivity (Wildman–Crippen MR) is 110 cm³/mol. The summed E-state index contributed by atoms with van der Waals surface area (Å²) in [6.07, 6.45) is 5.75. The summed E-state index contributed by atoms with van der Waals surface area (Å²) in [6.45, 7) is 2.42. The first kappa shape index (κ1) is 21.4. The van der Waals surface area contributed by atoms with Crippen molar-refractivity contribution in [1.82, 2.24) is 0 Å². The van der Waals surface area contributed by atoms with Crippen molar-refractivity contribution in [3.63, 3.8) is 0 Å². The van der Waals surface area contributed by atoms with E-state index in [1.54, 1.807) is 6.08 Å². The van der Waals surface area contributed by atoms with Gasteiger partial charge in [-0.25, -0.2) is 4.79 Å². The number of rotatable bonds is 2. The number of carbonyl (C=O) groups is 2. The Morgan fingerprint density at radius 2 is 1.84 bits per heavy atom. The zero-order valence-electron chi connectivity index (χ0n) is 18.4. The monoisotopic (exact) mass is 434 g/mol. The SMILES string of the molecule is COC(=O)[C@]12CCC(O)CC1(O)CCC1C2CC[C@]2(C)[C@H](C3=CC(=O)OC3)CCC12O. The fourth-order valence-electron chi connectivity index (χ4n) is 8.65. The maximum atomic E-state index is 13.3. The highest BCUT2D eigenvalue weighted by molar-refractivity contribution is 5.85. The van der Waals surface area contributed by atoms with Crippen LogP contribution in [0.5, 0.6) is 0 Å². The highest BCUT2D eigenvalue weighted by atomic mass is 16.5. The van der Waals surface area contributed by atoms with Crippen molar-refractivity contribution in [1.29, 1.82) is 0 Å². The average molecular weight is 435 g/mol.